The van der Waals surface area contributed by atoms with E-state index in [1.165, 1.54) is 4.90 Å². The number of carboxylic acids is 1. The van der Waals surface area contributed by atoms with Crippen molar-refractivity contribution in [1.82, 2.24) is 10.2 Å². The highest BCUT2D eigenvalue weighted by atomic mass is 16.4. The summed E-state index contributed by atoms with van der Waals surface area (Å²) in [4.78, 5) is 34.9. The quantitative estimate of drug-likeness (QED) is 0.725. The molecule has 0 heterocycles. The largest absolute Gasteiger partial charge is 0.480 e. The van der Waals surface area contributed by atoms with Crippen molar-refractivity contribution in [2.45, 2.75) is 34.1 Å². The average molecular weight is 258 g/mol. The van der Waals surface area contributed by atoms with Gasteiger partial charge in [-0.3, -0.25) is 14.4 Å². The van der Waals surface area contributed by atoms with Gasteiger partial charge in [-0.25, -0.2) is 0 Å². The minimum atomic E-state index is -1.04. The Kier molecular flexibility index (Phi) is 6.36. The zero-order valence-electron chi connectivity index (χ0n) is 11.4. The molecule has 0 radical (unpaired) electrons. The van der Waals surface area contributed by atoms with Gasteiger partial charge in [0.15, 0.2) is 0 Å². The predicted octanol–water partition coefficient (Wildman–Crippen LogP) is 0.472. The summed E-state index contributed by atoms with van der Waals surface area (Å²) < 4.78 is 0. The maximum atomic E-state index is 11.7. The molecule has 0 saturated carbocycles. The number of carbonyl (C=O) groups excluding carboxylic acids is 2. The van der Waals surface area contributed by atoms with Crippen LogP contribution in [0, 0.1) is 5.41 Å². The van der Waals surface area contributed by atoms with Crippen LogP contribution in [0.15, 0.2) is 0 Å². The molecule has 18 heavy (non-hydrogen) atoms. The summed E-state index contributed by atoms with van der Waals surface area (Å²) in [5, 5.41) is 11.3. The molecule has 2 N–H and O–H groups in total. The van der Waals surface area contributed by atoms with Crippen molar-refractivity contribution in [2.24, 2.45) is 5.41 Å². The third kappa shape index (κ3) is 6.22. The molecule has 0 fully saturated rings. The van der Waals surface area contributed by atoms with Gasteiger partial charge in [-0.1, -0.05) is 20.8 Å². The Morgan fingerprint density at radius 1 is 1.22 bits per heavy atom. The molecule has 0 rings (SSSR count). The fourth-order valence-electron chi connectivity index (χ4n) is 1.25. The fourth-order valence-corrected chi connectivity index (χ4v) is 1.25. The Balaban J connectivity index is 4.10. The van der Waals surface area contributed by atoms with Gasteiger partial charge < -0.3 is 15.3 Å². The Labute approximate surface area is 107 Å². The summed E-state index contributed by atoms with van der Waals surface area (Å²) >= 11 is 0. The Morgan fingerprint density at radius 2 is 1.78 bits per heavy atom. The second-order valence-electron chi connectivity index (χ2n) is 5.06. The smallest absolute Gasteiger partial charge is 0.323 e. The number of rotatable bonds is 6. The van der Waals surface area contributed by atoms with Crippen LogP contribution in [0.2, 0.25) is 0 Å². The number of nitrogens with one attached hydrogen (secondary N) is 1. The van der Waals surface area contributed by atoms with E-state index in [0.717, 1.165) is 0 Å². The Hall–Kier alpha value is -1.59. The van der Waals surface area contributed by atoms with Gasteiger partial charge in [-0.05, 0) is 6.92 Å². The number of hydrogen-bond acceptors (Lipinski definition) is 3. The van der Waals surface area contributed by atoms with Gasteiger partial charge in [-0.2, -0.15) is 0 Å². The van der Waals surface area contributed by atoms with Crippen molar-refractivity contribution >= 4 is 17.8 Å². The first-order valence-electron chi connectivity index (χ1n) is 5.96. The molecule has 0 aromatic carbocycles. The van der Waals surface area contributed by atoms with Crippen LogP contribution in [0.3, 0.4) is 0 Å². The van der Waals surface area contributed by atoms with Crippen molar-refractivity contribution in [3.05, 3.63) is 0 Å². The summed E-state index contributed by atoms with van der Waals surface area (Å²) in [5.74, 6) is -1.44. The molecule has 0 bridgehead atoms. The molecule has 0 aliphatic rings. The van der Waals surface area contributed by atoms with Gasteiger partial charge in [0.1, 0.15) is 6.54 Å². The summed E-state index contributed by atoms with van der Waals surface area (Å²) in [6.45, 7) is 7.34. The zero-order valence-corrected chi connectivity index (χ0v) is 11.4. The van der Waals surface area contributed by atoms with Crippen LogP contribution in [-0.4, -0.2) is 47.4 Å². The van der Waals surface area contributed by atoms with Crippen LogP contribution in [-0.2, 0) is 14.4 Å². The molecular weight excluding hydrogens is 236 g/mol. The lowest BCUT2D eigenvalue weighted by molar-refractivity contribution is -0.144. The Bertz CT molecular complexity index is 321. The van der Waals surface area contributed by atoms with Gasteiger partial charge in [0.2, 0.25) is 11.8 Å². The van der Waals surface area contributed by atoms with Crippen molar-refractivity contribution in [3.8, 4) is 0 Å². The zero-order chi connectivity index (χ0) is 14.3. The lowest BCUT2D eigenvalue weighted by Gasteiger charge is -2.20. The number of likely N-dealkylation sites (N-methyl/N-ethyl adjacent to an activating group) is 1. The molecule has 0 atom stereocenters. The Morgan fingerprint density at radius 3 is 2.17 bits per heavy atom. The van der Waals surface area contributed by atoms with E-state index in [1.54, 1.807) is 27.7 Å². The van der Waals surface area contributed by atoms with Crippen LogP contribution in [0.1, 0.15) is 34.1 Å². The van der Waals surface area contributed by atoms with Crippen LogP contribution in [0.5, 0.6) is 0 Å². The third-order valence-corrected chi connectivity index (χ3v) is 2.37. The minimum absolute atomic E-state index is 0.114. The lowest BCUT2D eigenvalue weighted by Crippen LogP contribution is -2.40. The van der Waals surface area contributed by atoms with Crippen LogP contribution >= 0.6 is 0 Å². The van der Waals surface area contributed by atoms with E-state index in [2.05, 4.69) is 5.32 Å². The minimum Gasteiger partial charge on any atom is -0.480 e. The van der Waals surface area contributed by atoms with Crippen LogP contribution in [0.25, 0.3) is 0 Å². The van der Waals surface area contributed by atoms with E-state index in [4.69, 9.17) is 5.11 Å². The van der Waals surface area contributed by atoms with E-state index in [-0.39, 0.29) is 31.3 Å². The molecular formula is C12H22N2O4. The molecule has 0 aliphatic heterocycles. The van der Waals surface area contributed by atoms with Gasteiger partial charge >= 0.3 is 5.97 Å². The third-order valence-electron chi connectivity index (χ3n) is 2.37. The molecule has 0 saturated heterocycles. The first kappa shape index (κ1) is 16.4. The molecule has 104 valence electrons. The standard InChI is InChI=1S/C12H22N2O4/c1-5-14(8-10(16)17)9(15)6-7-13-11(18)12(2,3)4/h5-8H2,1-4H3,(H,13,18)(H,16,17). The topological polar surface area (TPSA) is 86.7 Å². The maximum absolute atomic E-state index is 11.7. The summed E-state index contributed by atoms with van der Waals surface area (Å²) in [7, 11) is 0. The molecule has 0 aromatic rings. The molecule has 0 aliphatic carbocycles. The monoisotopic (exact) mass is 258 g/mol. The average Bonchev–Trinajstić information content (AvgIpc) is 2.23. The molecule has 0 spiro atoms. The highest BCUT2D eigenvalue weighted by Gasteiger charge is 2.21. The normalized spacial score (nSPS) is 10.9. The number of carbonyl (C=O) groups is 3. The summed E-state index contributed by atoms with van der Waals surface area (Å²) in [5.41, 5.74) is -0.492. The van der Waals surface area contributed by atoms with Crippen molar-refractivity contribution in [2.75, 3.05) is 19.6 Å². The van der Waals surface area contributed by atoms with E-state index >= 15 is 0 Å². The van der Waals surface area contributed by atoms with Crippen LogP contribution in [0.4, 0.5) is 0 Å². The molecule has 6 nitrogen and oxygen atoms in total. The molecule has 0 unspecified atom stereocenters. The molecule has 2 amide bonds. The molecule has 0 aromatic heterocycles. The highest BCUT2D eigenvalue weighted by Crippen LogP contribution is 2.12. The SMILES string of the molecule is CCN(CC(=O)O)C(=O)CCNC(=O)C(C)(C)C. The predicted molar refractivity (Wildman–Crippen MR) is 67.0 cm³/mol. The van der Waals surface area contributed by atoms with E-state index in [0.29, 0.717) is 6.54 Å². The second-order valence-corrected chi connectivity index (χ2v) is 5.06. The number of hydrogen-bond donors (Lipinski definition) is 2. The van der Waals surface area contributed by atoms with Crippen LogP contribution < -0.4 is 5.32 Å². The van der Waals surface area contributed by atoms with E-state index in [9.17, 15) is 14.4 Å². The van der Waals surface area contributed by atoms with Gasteiger partial charge in [0.05, 0.1) is 0 Å². The second kappa shape index (κ2) is 6.98. The number of carboxylic acid groups (broad SMARTS) is 1. The van der Waals surface area contributed by atoms with Crippen molar-refractivity contribution in [1.29, 1.82) is 0 Å². The number of aliphatic carboxylic acids is 1. The van der Waals surface area contributed by atoms with E-state index < -0.39 is 11.4 Å². The van der Waals surface area contributed by atoms with Gasteiger partial charge in [0.25, 0.3) is 0 Å². The number of amides is 2. The highest BCUT2D eigenvalue weighted by molar-refractivity contribution is 5.83. The molecule has 6 heteroatoms. The van der Waals surface area contributed by atoms with Crippen molar-refractivity contribution < 1.29 is 19.5 Å². The van der Waals surface area contributed by atoms with Gasteiger partial charge in [0, 0.05) is 24.9 Å². The van der Waals surface area contributed by atoms with Crippen molar-refractivity contribution in [3.63, 3.8) is 0 Å². The van der Waals surface area contributed by atoms with Gasteiger partial charge in [-0.15, -0.1) is 0 Å². The fraction of sp³-hybridized carbons (Fsp3) is 0.750. The maximum Gasteiger partial charge on any atom is 0.323 e. The number of nitrogens with zero attached hydrogens (tertiary/aromatic N) is 1. The summed E-state index contributed by atoms with van der Waals surface area (Å²) in [6, 6.07) is 0. The van der Waals surface area contributed by atoms with E-state index in [1.807, 2.05) is 0 Å². The lowest BCUT2D eigenvalue weighted by atomic mass is 9.96. The first-order valence-corrected chi connectivity index (χ1v) is 5.96. The summed E-state index contributed by atoms with van der Waals surface area (Å²) in [6.07, 6.45) is 0.114. The first-order chi connectivity index (χ1) is 8.18.